The standard InChI is InChI=1S/C17H20ClNOS/c1-2-8-19-15(11-14-4-6-17(18)21-14)12-3-5-16-13(10-12)7-9-20-16/h3-6,10,15,19H,2,7-9,11H2,1H3. The van der Waals surface area contributed by atoms with E-state index in [-0.39, 0.29) is 0 Å². The van der Waals surface area contributed by atoms with Crippen molar-refractivity contribution >= 4 is 22.9 Å². The van der Waals surface area contributed by atoms with Gasteiger partial charge in [-0.15, -0.1) is 11.3 Å². The highest BCUT2D eigenvalue weighted by Crippen LogP contribution is 2.31. The summed E-state index contributed by atoms with van der Waals surface area (Å²) in [7, 11) is 0. The predicted octanol–water partition coefficient (Wildman–Crippen LogP) is 4.62. The molecule has 0 spiro atoms. The van der Waals surface area contributed by atoms with Gasteiger partial charge < -0.3 is 10.1 Å². The van der Waals surface area contributed by atoms with Crippen LogP contribution in [0, 0.1) is 0 Å². The molecule has 1 unspecified atom stereocenters. The Hall–Kier alpha value is -1.03. The second-order valence-corrected chi connectivity index (χ2v) is 7.18. The van der Waals surface area contributed by atoms with Crippen LogP contribution in [-0.2, 0) is 12.8 Å². The van der Waals surface area contributed by atoms with Gasteiger partial charge in [0.15, 0.2) is 0 Å². The minimum Gasteiger partial charge on any atom is -0.493 e. The molecular weight excluding hydrogens is 302 g/mol. The Morgan fingerprint density at radius 2 is 2.24 bits per heavy atom. The molecule has 0 fully saturated rings. The van der Waals surface area contributed by atoms with Crippen molar-refractivity contribution in [2.24, 2.45) is 0 Å². The van der Waals surface area contributed by atoms with E-state index < -0.39 is 0 Å². The Morgan fingerprint density at radius 1 is 1.33 bits per heavy atom. The summed E-state index contributed by atoms with van der Waals surface area (Å²) in [6.45, 7) is 4.03. The number of hydrogen-bond donors (Lipinski definition) is 1. The van der Waals surface area contributed by atoms with Crippen LogP contribution >= 0.6 is 22.9 Å². The number of benzene rings is 1. The molecule has 2 aromatic rings. The zero-order chi connectivity index (χ0) is 14.7. The fraction of sp³-hybridized carbons (Fsp3) is 0.412. The molecule has 1 aliphatic heterocycles. The van der Waals surface area contributed by atoms with E-state index in [0.717, 1.165) is 42.5 Å². The summed E-state index contributed by atoms with van der Waals surface area (Å²) in [5.41, 5.74) is 2.68. The molecule has 0 radical (unpaired) electrons. The second-order valence-electron chi connectivity index (χ2n) is 5.38. The van der Waals surface area contributed by atoms with Crippen molar-refractivity contribution in [3.8, 4) is 5.75 Å². The summed E-state index contributed by atoms with van der Waals surface area (Å²) in [6, 6.07) is 11.0. The first kappa shape index (κ1) is 14.9. The van der Waals surface area contributed by atoms with E-state index in [1.807, 2.05) is 6.07 Å². The lowest BCUT2D eigenvalue weighted by molar-refractivity contribution is 0.356. The first-order valence-electron chi connectivity index (χ1n) is 7.49. The molecule has 0 bridgehead atoms. The topological polar surface area (TPSA) is 21.3 Å². The monoisotopic (exact) mass is 321 g/mol. The molecule has 3 rings (SSSR count). The van der Waals surface area contributed by atoms with Crippen LogP contribution < -0.4 is 10.1 Å². The summed E-state index contributed by atoms with van der Waals surface area (Å²) < 4.78 is 6.46. The zero-order valence-electron chi connectivity index (χ0n) is 12.2. The average molecular weight is 322 g/mol. The predicted molar refractivity (Wildman–Crippen MR) is 89.7 cm³/mol. The number of nitrogens with one attached hydrogen (secondary N) is 1. The molecule has 0 amide bonds. The molecule has 1 N–H and O–H groups in total. The van der Waals surface area contributed by atoms with Crippen LogP contribution in [0.3, 0.4) is 0 Å². The van der Waals surface area contributed by atoms with Crippen molar-refractivity contribution in [3.63, 3.8) is 0 Å². The minimum atomic E-state index is 0.338. The highest BCUT2D eigenvalue weighted by molar-refractivity contribution is 7.16. The van der Waals surface area contributed by atoms with Crippen LogP contribution in [0.25, 0.3) is 0 Å². The van der Waals surface area contributed by atoms with E-state index >= 15 is 0 Å². The Kier molecular flexibility index (Phi) is 4.84. The number of halogens is 1. The van der Waals surface area contributed by atoms with Crippen molar-refractivity contribution in [1.82, 2.24) is 5.32 Å². The lowest BCUT2D eigenvalue weighted by Gasteiger charge is -2.19. The van der Waals surface area contributed by atoms with Crippen LogP contribution in [0.15, 0.2) is 30.3 Å². The van der Waals surface area contributed by atoms with Crippen LogP contribution in [0.2, 0.25) is 4.34 Å². The summed E-state index contributed by atoms with van der Waals surface area (Å²) in [5.74, 6) is 1.05. The van der Waals surface area contributed by atoms with Crippen molar-refractivity contribution in [3.05, 3.63) is 50.7 Å². The molecule has 0 saturated heterocycles. The average Bonchev–Trinajstić information content (AvgIpc) is 3.11. The smallest absolute Gasteiger partial charge is 0.122 e. The van der Waals surface area contributed by atoms with Gasteiger partial charge in [0.05, 0.1) is 10.9 Å². The maximum absolute atomic E-state index is 6.05. The maximum Gasteiger partial charge on any atom is 0.122 e. The second kappa shape index (κ2) is 6.82. The maximum atomic E-state index is 6.05. The Labute approximate surface area is 135 Å². The number of rotatable bonds is 6. The van der Waals surface area contributed by atoms with E-state index in [9.17, 15) is 0 Å². The van der Waals surface area contributed by atoms with Crippen LogP contribution in [0.1, 0.15) is 35.4 Å². The number of ether oxygens (including phenoxy) is 1. The highest BCUT2D eigenvalue weighted by Gasteiger charge is 2.17. The molecule has 1 aromatic heterocycles. The van der Waals surface area contributed by atoms with Gasteiger partial charge in [0.1, 0.15) is 5.75 Å². The summed E-state index contributed by atoms with van der Waals surface area (Å²) in [6.07, 6.45) is 3.14. The van der Waals surface area contributed by atoms with Crippen molar-refractivity contribution < 1.29 is 4.74 Å². The van der Waals surface area contributed by atoms with E-state index in [1.165, 1.54) is 16.0 Å². The van der Waals surface area contributed by atoms with E-state index in [2.05, 4.69) is 36.5 Å². The first-order valence-corrected chi connectivity index (χ1v) is 8.69. The van der Waals surface area contributed by atoms with E-state index in [1.54, 1.807) is 11.3 Å². The lowest BCUT2D eigenvalue weighted by Crippen LogP contribution is -2.23. The van der Waals surface area contributed by atoms with Gasteiger partial charge >= 0.3 is 0 Å². The van der Waals surface area contributed by atoms with Crippen LogP contribution in [-0.4, -0.2) is 13.2 Å². The minimum absolute atomic E-state index is 0.338. The molecule has 4 heteroatoms. The molecule has 1 aromatic carbocycles. The van der Waals surface area contributed by atoms with Gasteiger partial charge in [-0.2, -0.15) is 0 Å². The first-order chi connectivity index (χ1) is 10.3. The Bertz CT molecular complexity index is 611. The lowest BCUT2D eigenvalue weighted by atomic mass is 9.99. The van der Waals surface area contributed by atoms with Crippen molar-refractivity contribution in [2.45, 2.75) is 32.2 Å². The normalized spacial score (nSPS) is 14.8. The molecule has 112 valence electrons. The Morgan fingerprint density at radius 3 is 3.00 bits per heavy atom. The third kappa shape index (κ3) is 3.60. The number of fused-ring (bicyclic) bond motifs is 1. The Balaban J connectivity index is 1.80. The van der Waals surface area contributed by atoms with Gasteiger partial charge in [-0.05, 0) is 42.3 Å². The van der Waals surface area contributed by atoms with Gasteiger partial charge in [0, 0.05) is 23.8 Å². The third-order valence-electron chi connectivity index (χ3n) is 3.79. The van der Waals surface area contributed by atoms with Gasteiger partial charge in [0.25, 0.3) is 0 Å². The van der Waals surface area contributed by atoms with Crippen LogP contribution in [0.4, 0.5) is 0 Å². The molecule has 1 aliphatic rings. The molecular formula is C17H20ClNOS. The largest absolute Gasteiger partial charge is 0.493 e. The third-order valence-corrected chi connectivity index (χ3v) is 5.04. The molecule has 2 nitrogen and oxygen atoms in total. The van der Waals surface area contributed by atoms with Gasteiger partial charge in [-0.3, -0.25) is 0 Å². The van der Waals surface area contributed by atoms with Gasteiger partial charge in [-0.1, -0.05) is 30.7 Å². The zero-order valence-corrected chi connectivity index (χ0v) is 13.8. The van der Waals surface area contributed by atoms with E-state index in [0.29, 0.717) is 6.04 Å². The number of hydrogen-bond acceptors (Lipinski definition) is 3. The molecule has 21 heavy (non-hydrogen) atoms. The van der Waals surface area contributed by atoms with Crippen molar-refractivity contribution in [2.75, 3.05) is 13.2 Å². The summed E-state index contributed by atoms with van der Waals surface area (Å²) in [4.78, 5) is 1.32. The van der Waals surface area contributed by atoms with Crippen LogP contribution in [0.5, 0.6) is 5.75 Å². The number of thiophene rings is 1. The molecule has 2 heterocycles. The quantitative estimate of drug-likeness (QED) is 0.838. The fourth-order valence-corrected chi connectivity index (χ4v) is 3.85. The summed E-state index contributed by atoms with van der Waals surface area (Å²) >= 11 is 7.72. The van der Waals surface area contributed by atoms with Crippen molar-refractivity contribution in [1.29, 1.82) is 0 Å². The van der Waals surface area contributed by atoms with E-state index in [4.69, 9.17) is 16.3 Å². The molecule has 1 atom stereocenters. The van der Waals surface area contributed by atoms with Gasteiger partial charge in [-0.25, -0.2) is 0 Å². The van der Waals surface area contributed by atoms with Gasteiger partial charge in [0.2, 0.25) is 0 Å². The SMILES string of the molecule is CCCNC(Cc1ccc(Cl)s1)c1ccc2c(c1)CCO2. The molecule has 0 saturated carbocycles. The summed E-state index contributed by atoms with van der Waals surface area (Å²) in [5, 5.41) is 3.66. The fourth-order valence-electron chi connectivity index (χ4n) is 2.71. The molecule has 0 aliphatic carbocycles. The highest BCUT2D eigenvalue weighted by atomic mass is 35.5.